The third-order valence-electron chi connectivity index (χ3n) is 1.30. The van der Waals surface area contributed by atoms with Gasteiger partial charge in [-0.1, -0.05) is 0 Å². The number of hydrogen-bond donors (Lipinski definition) is 0. The van der Waals surface area contributed by atoms with Crippen LogP contribution >= 0.6 is 10.5 Å². The van der Waals surface area contributed by atoms with Crippen molar-refractivity contribution in [3.63, 3.8) is 0 Å². The van der Waals surface area contributed by atoms with Crippen LogP contribution in [0.5, 0.6) is 0 Å². The lowest BCUT2D eigenvalue weighted by atomic mass is 10.5. The van der Waals surface area contributed by atoms with E-state index in [1.165, 1.54) is 10.6 Å². The minimum atomic E-state index is 0. The van der Waals surface area contributed by atoms with Gasteiger partial charge in [0.2, 0.25) is 0 Å². The fourth-order valence-corrected chi connectivity index (χ4v) is 2.17. The fraction of sp³-hybridized carbons (Fsp3) is 0.429. The molecule has 0 bridgehead atoms. The van der Waals surface area contributed by atoms with E-state index in [0.717, 1.165) is 0 Å². The van der Waals surface area contributed by atoms with E-state index in [1.54, 1.807) is 0 Å². The van der Waals surface area contributed by atoms with Gasteiger partial charge in [0.15, 0.2) is 0 Å². The molecule has 1 rings (SSSR count). The predicted octanol–water partition coefficient (Wildman–Crippen LogP) is -0.232. The first-order valence-corrected chi connectivity index (χ1v) is 4.35. The van der Waals surface area contributed by atoms with Crippen molar-refractivity contribution in [2.75, 3.05) is 0 Å². The lowest BCUT2D eigenvalue weighted by Gasteiger charge is -1.78. The van der Waals surface area contributed by atoms with Crippen LogP contribution in [0.1, 0.15) is 11.8 Å². The molecule has 52 valence electrons. The van der Waals surface area contributed by atoms with E-state index in [1.807, 2.05) is 0 Å². The van der Waals surface area contributed by atoms with Crippen molar-refractivity contribution in [1.29, 1.82) is 0 Å². The Morgan fingerprint density at radius 2 is 2.22 bits per heavy atom. The largest absolute Gasteiger partial charge is 1.00 e. The number of thiophene rings is 1. The van der Waals surface area contributed by atoms with Crippen molar-refractivity contribution in [2.45, 2.75) is 19.6 Å². The van der Waals surface area contributed by atoms with E-state index >= 15 is 0 Å². The highest BCUT2D eigenvalue weighted by Gasteiger charge is 2.01. The highest BCUT2D eigenvalue weighted by molar-refractivity contribution is 7.29. The van der Waals surface area contributed by atoms with Crippen LogP contribution < -0.4 is 17.0 Å². The number of rotatable bonds is 1. The Morgan fingerprint density at radius 3 is 2.44 bits per heavy atom. The first kappa shape index (κ1) is 9.18. The quantitative estimate of drug-likeness (QED) is 0.558. The van der Waals surface area contributed by atoms with Crippen LogP contribution in [0.3, 0.4) is 0 Å². The third-order valence-corrected chi connectivity index (χ3v) is 3.37. The second-order valence-corrected chi connectivity index (χ2v) is 4.17. The molecule has 0 fully saturated rings. The molecule has 0 aliphatic heterocycles. The summed E-state index contributed by atoms with van der Waals surface area (Å²) in [5.74, 6) is 1.28. The van der Waals surface area contributed by atoms with Gasteiger partial charge in [-0.2, -0.15) is 0 Å². The molecule has 0 aliphatic rings. The maximum absolute atomic E-state index is 2.29. The Bertz CT molecular complexity index is 169. The molecule has 0 saturated carbocycles. The fourth-order valence-electron chi connectivity index (χ4n) is 0.788. The summed E-state index contributed by atoms with van der Waals surface area (Å²) in [6.45, 7) is 4.43. The molecule has 0 aliphatic carbocycles. The predicted molar refractivity (Wildman–Crippen MR) is 39.3 cm³/mol. The molecule has 1 atom stereocenters. The molecule has 0 radical (unpaired) electrons. The van der Waals surface area contributed by atoms with Crippen molar-refractivity contribution in [1.82, 2.24) is 0 Å². The summed E-state index contributed by atoms with van der Waals surface area (Å²) in [6.07, 6.45) is 0. The van der Waals surface area contributed by atoms with Gasteiger partial charge in [-0.3, -0.25) is 0 Å². The summed E-state index contributed by atoms with van der Waals surface area (Å²) in [4.78, 5) is 1.53. The van der Waals surface area contributed by atoms with Gasteiger partial charge in [-0.05, 0) is 29.5 Å². The Kier molecular flexibility index (Phi) is 4.15. The number of halogens is 1. The molecule has 0 amide bonds. The molecule has 1 unspecified atom stereocenters. The van der Waals surface area contributed by atoms with E-state index in [2.05, 4.69) is 31.4 Å². The molecule has 1 aromatic heterocycles. The second-order valence-electron chi connectivity index (χ2n) is 1.82. The monoisotopic (exact) mass is 206 g/mol. The first-order chi connectivity index (χ1) is 3.84. The highest BCUT2D eigenvalue weighted by Crippen LogP contribution is 2.23. The normalized spacial score (nSPS) is 10.7. The summed E-state index contributed by atoms with van der Waals surface area (Å²) in [6, 6.07) is 4.36. The summed E-state index contributed by atoms with van der Waals surface area (Å²) in [5, 5.41) is 2.29. The van der Waals surface area contributed by atoms with Crippen LogP contribution in [0.15, 0.2) is 17.5 Å². The molecule has 0 N–H and O–H groups in total. The molecule has 9 heavy (non-hydrogen) atoms. The Morgan fingerprint density at radius 1 is 1.56 bits per heavy atom. The summed E-state index contributed by atoms with van der Waals surface area (Å²) < 4.78 is 0. The van der Waals surface area contributed by atoms with Crippen LogP contribution in [-0.2, 0) is 5.75 Å². The Labute approximate surface area is 69.6 Å². The molecular formula is C7H11BrS. The van der Waals surface area contributed by atoms with Gasteiger partial charge in [0.25, 0.3) is 0 Å². The van der Waals surface area contributed by atoms with E-state index in [0.29, 0.717) is 10.5 Å². The Hall–Kier alpha value is 0.180. The molecule has 0 saturated heterocycles. The topological polar surface area (TPSA) is 0 Å². The van der Waals surface area contributed by atoms with Crippen molar-refractivity contribution in [3.05, 3.63) is 22.4 Å². The molecule has 0 spiro atoms. The smallest absolute Gasteiger partial charge is 0.147 e. The zero-order valence-corrected chi connectivity index (χ0v) is 8.13. The minimum absolute atomic E-state index is 0. The molecule has 1 heterocycles. The van der Waals surface area contributed by atoms with Crippen LogP contribution in [0, 0.1) is 6.92 Å². The van der Waals surface area contributed by atoms with Crippen molar-refractivity contribution >= 4 is 10.5 Å². The van der Waals surface area contributed by atoms with Crippen LogP contribution in [-0.4, -0.2) is 0 Å². The molecule has 0 nitrogen and oxygen atoms in total. The van der Waals surface area contributed by atoms with Crippen molar-refractivity contribution in [3.8, 4) is 0 Å². The van der Waals surface area contributed by atoms with E-state index in [4.69, 9.17) is 0 Å². The van der Waals surface area contributed by atoms with Crippen LogP contribution in [0.25, 0.3) is 0 Å². The van der Waals surface area contributed by atoms with Gasteiger partial charge in [0.05, 0.1) is 0 Å². The van der Waals surface area contributed by atoms with Crippen molar-refractivity contribution in [2.24, 2.45) is 0 Å². The molecule has 2 heteroatoms. The summed E-state index contributed by atoms with van der Waals surface area (Å²) >= 11 is 0. The average molecular weight is 207 g/mol. The summed E-state index contributed by atoms with van der Waals surface area (Å²) in [5.41, 5.74) is 0. The van der Waals surface area contributed by atoms with Gasteiger partial charge in [-0.15, -0.1) is 0 Å². The molecule has 1 aromatic rings. The number of aryl methyl sites for hydroxylation is 2. The summed E-state index contributed by atoms with van der Waals surface area (Å²) in [7, 11) is 0.502. The van der Waals surface area contributed by atoms with E-state index in [-0.39, 0.29) is 17.0 Å². The average Bonchev–Trinajstić information content (AvgIpc) is 2.14. The Balaban J connectivity index is 0.000000640. The maximum atomic E-state index is 2.29. The zero-order chi connectivity index (χ0) is 5.98. The van der Waals surface area contributed by atoms with Gasteiger partial charge >= 0.3 is 0 Å². The first-order valence-electron chi connectivity index (χ1n) is 2.89. The highest BCUT2D eigenvalue weighted by atomic mass is 79.9. The maximum Gasteiger partial charge on any atom is 0.147 e. The van der Waals surface area contributed by atoms with Gasteiger partial charge < -0.3 is 17.0 Å². The van der Waals surface area contributed by atoms with Gasteiger partial charge in [0, 0.05) is 6.92 Å². The SMILES string of the molecule is CC[s+]1cccc1C.[Br-]. The minimum Gasteiger partial charge on any atom is -1.00 e. The zero-order valence-electron chi connectivity index (χ0n) is 5.73. The lowest BCUT2D eigenvalue weighted by Crippen LogP contribution is -3.00. The standard InChI is InChI=1S/C7H11S.BrH/c1-3-8-6-4-5-7(8)2;/h4-6H,3H2,1-2H3;1H/q+1;/p-1. The van der Waals surface area contributed by atoms with Crippen LogP contribution in [0.2, 0.25) is 0 Å². The van der Waals surface area contributed by atoms with Crippen LogP contribution in [0.4, 0.5) is 0 Å². The second kappa shape index (κ2) is 4.07. The van der Waals surface area contributed by atoms with Crippen molar-refractivity contribution < 1.29 is 17.0 Å². The van der Waals surface area contributed by atoms with E-state index in [9.17, 15) is 0 Å². The lowest BCUT2D eigenvalue weighted by molar-refractivity contribution is -0.00000174. The van der Waals surface area contributed by atoms with Gasteiger partial charge in [-0.25, -0.2) is 0 Å². The van der Waals surface area contributed by atoms with Gasteiger partial charge in [0.1, 0.15) is 16.0 Å². The molecular weight excluding hydrogens is 196 g/mol. The number of hydrogen-bond acceptors (Lipinski definition) is 0. The molecule has 0 aromatic carbocycles. The van der Waals surface area contributed by atoms with E-state index < -0.39 is 0 Å². The third kappa shape index (κ3) is 2.11.